The molecule has 0 unspecified atom stereocenters. The van der Waals surface area contributed by atoms with Gasteiger partial charge in [-0.05, 0) is 18.2 Å². The van der Waals surface area contributed by atoms with Gasteiger partial charge in [-0.2, -0.15) is 0 Å². The summed E-state index contributed by atoms with van der Waals surface area (Å²) in [5.41, 5.74) is -0.268. The minimum atomic E-state index is -4.30. The van der Waals surface area contributed by atoms with E-state index in [1.165, 1.54) is 36.4 Å². The Labute approximate surface area is 154 Å². The predicted molar refractivity (Wildman–Crippen MR) is 92.2 cm³/mol. The van der Waals surface area contributed by atoms with Gasteiger partial charge in [-0.25, -0.2) is 8.42 Å². The van der Waals surface area contributed by atoms with E-state index < -0.39 is 27.5 Å². The molecule has 0 bridgehead atoms. The van der Waals surface area contributed by atoms with Crippen molar-refractivity contribution in [2.24, 2.45) is 0 Å². The van der Waals surface area contributed by atoms with Gasteiger partial charge in [-0.15, -0.1) is 0 Å². The van der Waals surface area contributed by atoms with Gasteiger partial charge in [0.2, 0.25) is 6.79 Å². The fourth-order valence-electron chi connectivity index (χ4n) is 2.42. The van der Waals surface area contributed by atoms with Gasteiger partial charge >= 0.3 is 5.97 Å². The first-order valence-corrected chi connectivity index (χ1v) is 9.00. The summed E-state index contributed by atoms with van der Waals surface area (Å²) in [7, 11) is -3.18. The molecule has 27 heavy (non-hydrogen) atoms. The number of benzene rings is 2. The number of rotatable bonds is 6. The van der Waals surface area contributed by atoms with Crippen LogP contribution in [0, 0.1) is 10.1 Å². The number of hydrogen-bond acceptors (Lipinski definition) is 8. The largest absolute Gasteiger partial charge is 0.468 e. The number of anilines is 1. The first-order chi connectivity index (χ1) is 12.8. The maximum Gasteiger partial charge on any atom is 0.326 e. The Morgan fingerprint density at radius 3 is 2.67 bits per heavy atom. The molecule has 1 heterocycles. The van der Waals surface area contributed by atoms with Crippen LogP contribution < -0.4 is 13.8 Å². The summed E-state index contributed by atoms with van der Waals surface area (Å²) in [5, 5.41) is 11.0. The number of hydrogen-bond donors (Lipinski definition) is 0. The van der Waals surface area contributed by atoms with Crippen molar-refractivity contribution in [1.29, 1.82) is 0 Å². The Balaban J connectivity index is 2.08. The van der Waals surface area contributed by atoms with Gasteiger partial charge in [0.05, 0.1) is 22.6 Å². The molecule has 142 valence electrons. The topological polar surface area (TPSA) is 125 Å². The molecule has 0 spiro atoms. The molecular weight excluding hydrogens is 380 g/mol. The fraction of sp³-hybridized carbons (Fsp3) is 0.188. The van der Waals surface area contributed by atoms with Crippen LogP contribution in [0.25, 0.3) is 0 Å². The van der Waals surface area contributed by atoms with Crippen molar-refractivity contribution >= 4 is 27.4 Å². The Kier molecular flexibility index (Phi) is 4.86. The van der Waals surface area contributed by atoms with E-state index in [0.717, 1.165) is 17.5 Å². The molecule has 3 rings (SSSR count). The molecule has 0 aliphatic carbocycles. The highest BCUT2D eigenvalue weighted by molar-refractivity contribution is 7.92. The predicted octanol–water partition coefficient (Wildman–Crippen LogP) is 1.69. The summed E-state index contributed by atoms with van der Waals surface area (Å²) in [6.45, 7) is -0.630. The summed E-state index contributed by atoms with van der Waals surface area (Å²) in [4.78, 5) is 21.7. The Morgan fingerprint density at radius 2 is 1.96 bits per heavy atom. The van der Waals surface area contributed by atoms with Gasteiger partial charge in [-0.1, -0.05) is 6.07 Å². The number of carbonyl (C=O) groups excluding carboxylic acids is 1. The molecule has 2 aromatic rings. The molecule has 0 atom stereocenters. The van der Waals surface area contributed by atoms with E-state index in [9.17, 15) is 23.3 Å². The van der Waals surface area contributed by atoms with Gasteiger partial charge in [0.25, 0.3) is 15.7 Å². The number of esters is 1. The van der Waals surface area contributed by atoms with Crippen molar-refractivity contribution in [2.45, 2.75) is 4.90 Å². The van der Waals surface area contributed by atoms with Crippen LogP contribution in [0.4, 0.5) is 11.4 Å². The quantitative estimate of drug-likeness (QED) is 0.412. The number of nitro benzene ring substituents is 1. The van der Waals surface area contributed by atoms with Crippen LogP contribution in [0.15, 0.2) is 47.4 Å². The van der Waals surface area contributed by atoms with Gasteiger partial charge in [0.15, 0.2) is 11.5 Å². The Hall–Kier alpha value is -3.34. The number of nitro groups is 1. The smallest absolute Gasteiger partial charge is 0.326 e. The zero-order valence-electron chi connectivity index (χ0n) is 14.0. The van der Waals surface area contributed by atoms with Crippen molar-refractivity contribution in [2.75, 3.05) is 24.8 Å². The number of sulfonamides is 1. The zero-order chi connectivity index (χ0) is 19.6. The van der Waals surface area contributed by atoms with Crippen molar-refractivity contribution in [1.82, 2.24) is 0 Å². The SMILES string of the molecule is COC(=O)CN(c1ccc2c(c1)OCO2)S(=O)(=O)c1cccc([N+](=O)[O-])c1. The monoisotopic (exact) mass is 394 g/mol. The summed E-state index contributed by atoms with van der Waals surface area (Å²) in [6.07, 6.45) is 0. The third kappa shape index (κ3) is 3.62. The first-order valence-electron chi connectivity index (χ1n) is 7.56. The van der Waals surface area contributed by atoms with Crippen LogP contribution >= 0.6 is 0 Å². The number of ether oxygens (including phenoxy) is 3. The number of carbonyl (C=O) groups is 1. The average Bonchev–Trinajstić information content (AvgIpc) is 3.13. The van der Waals surface area contributed by atoms with Crippen LogP contribution in [0.1, 0.15) is 0 Å². The third-order valence-electron chi connectivity index (χ3n) is 3.76. The molecule has 0 aromatic heterocycles. The molecule has 0 amide bonds. The lowest BCUT2D eigenvalue weighted by atomic mass is 10.3. The molecule has 10 nitrogen and oxygen atoms in total. The number of methoxy groups -OCH3 is 1. The van der Waals surface area contributed by atoms with Crippen molar-refractivity contribution in [3.8, 4) is 11.5 Å². The second-order valence-corrected chi connectivity index (χ2v) is 7.24. The van der Waals surface area contributed by atoms with Gasteiger partial charge in [-0.3, -0.25) is 19.2 Å². The minimum absolute atomic E-state index is 0.00653. The van der Waals surface area contributed by atoms with Crippen molar-refractivity contribution in [3.05, 3.63) is 52.6 Å². The van der Waals surface area contributed by atoms with Crippen molar-refractivity contribution < 1.29 is 32.3 Å². The highest BCUT2D eigenvalue weighted by Crippen LogP contribution is 2.37. The molecule has 0 N–H and O–H groups in total. The molecule has 0 saturated heterocycles. The maximum atomic E-state index is 13.1. The van der Waals surface area contributed by atoms with E-state index in [1.54, 1.807) is 0 Å². The molecular formula is C16H14N2O8S. The molecule has 0 saturated carbocycles. The lowest BCUT2D eigenvalue weighted by Gasteiger charge is -2.23. The van der Waals surface area contributed by atoms with Gasteiger partial charge in [0, 0.05) is 18.2 Å². The van der Waals surface area contributed by atoms with Crippen LogP contribution in [-0.4, -0.2) is 39.8 Å². The minimum Gasteiger partial charge on any atom is -0.468 e. The third-order valence-corrected chi connectivity index (χ3v) is 5.53. The van der Waals surface area contributed by atoms with E-state index in [-0.39, 0.29) is 23.1 Å². The van der Waals surface area contributed by atoms with Gasteiger partial charge in [0.1, 0.15) is 6.54 Å². The van der Waals surface area contributed by atoms with E-state index in [4.69, 9.17) is 9.47 Å². The zero-order valence-corrected chi connectivity index (χ0v) is 14.8. The van der Waals surface area contributed by atoms with E-state index >= 15 is 0 Å². The second-order valence-electron chi connectivity index (χ2n) is 5.38. The summed E-state index contributed by atoms with van der Waals surface area (Å²) >= 11 is 0. The number of fused-ring (bicyclic) bond motifs is 1. The van der Waals surface area contributed by atoms with Crippen LogP contribution in [0.3, 0.4) is 0 Å². The lowest BCUT2D eigenvalue weighted by Crippen LogP contribution is -2.36. The van der Waals surface area contributed by atoms with Gasteiger partial charge < -0.3 is 14.2 Å². The van der Waals surface area contributed by atoms with Crippen LogP contribution in [-0.2, 0) is 19.6 Å². The highest BCUT2D eigenvalue weighted by Gasteiger charge is 2.30. The number of nitrogens with zero attached hydrogens (tertiary/aromatic N) is 2. The standard InChI is InChI=1S/C16H14N2O8S/c1-24-16(19)9-17(11-5-6-14-15(8-11)26-10-25-14)27(22,23)13-4-2-3-12(7-13)18(20)21/h2-8H,9-10H2,1H3. The fourth-order valence-corrected chi connectivity index (χ4v) is 3.86. The lowest BCUT2D eigenvalue weighted by molar-refractivity contribution is -0.385. The normalized spacial score (nSPS) is 12.5. The highest BCUT2D eigenvalue weighted by atomic mass is 32.2. The molecule has 0 fully saturated rings. The Morgan fingerprint density at radius 1 is 1.22 bits per heavy atom. The second kappa shape index (κ2) is 7.11. The maximum absolute atomic E-state index is 13.1. The van der Waals surface area contributed by atoms with Crippen LogP contribution in [0.2, 0.25) is 0 Å². The van der Waals surface area contributed by atoms with E-state index in [2.05, 4.69) is 4.74 Å². The summed E-state index contributed by atoms with van der Waals surface area (Å²) in [5.74, 6) is -0.0530. The number of non-ortho nitro benzene ring substituents is 1. The molecule has 1 aliphatic rings. The van der Waals surface area contributed by atoms with Crippen molar-refractivity contribution in [3.63, 3.8) is 0 Å². The Bertz CT molecular complexity index is 1010. The first kappa shape index (κ1) is 18.5. The van der Waals surface area contributed by atoms with Crippen LogP contribution in [0.5, 0.6) is 11.5 Å². The molecule has 11 heteroatoms. The molecule has 2 aromatic carbocycles. The molecule has 1 aliphatic heterocycles. The van der Waals surface area contributed by atoms with E-state index in [1.807, 2.05) is 0 Å². The molecule has 0 radical (unpaired) electrons. The summed E-state index contributed by atoms with van der Waals surface area (Å²) in [6, 6.07) is 8.90. The van der Waals surface area contributed by atoms with E-state index in [0.29, 0.717) is 11.5 Å². The summed E-state index contributed by atoms with van der Waals surface area (Å²) < 4.78 is 42.0. The average molecular weight is 394 g/mol.